The van der Waals surface area contributed by atoms with Crippen LogP contribution in [0.4, 0.5) is 5.82 Å². The fraction of sp³-hybridized carbons (Fsp3) is 0.240. The molecular formula is C25H24N6O4. The van der Waals surface area contributed by atoms with Crippen LogP contribution in [0, 0.1) is 6.92 Å². The zero-order chi connectivity index (χ0) is 24.5. The minimum atomic E-state index is -0.276. The number of ether oxygens (including phenoxy) is 2. The van der Waals surface area contributed by atoms with Gasteiger partial charge in [-0.25, -0.2) is 4.98 Å². The number of phenolic OH excluding ortho intramolecular Hbond substituents is 1. The Morgan fingerprint density at radius 2 is 2.09 bits per heavy atom. The van der Waals surface area contributed by atoms with Gasteiger partial charge in [0.15, 0.2) is 11.5 Å². The molecule has 5 rings (SSSR count). The van der Waals surface area contributed by atoms with Gasteiger partial charge in [-0.1, -0.05) is 18.2 Å². The molecule has 2 N–H and O–H groups in total. The Bertz CT molecular complexity index is 1420. The van der Waals surface area contributed by atoms with Gasteiger partial charge in [0.2, 0.25) is 5.91 Å². The van der Waals surface area contributed by atoms with Gasteiger partial charge >= 0.3 is 0 Å². The molecule has 1 amide bonds. The molecule has 0 bridgehead atoms. The van der Waals surface area contributed by atoms with E-state index in [0.29, 0.717) is 29.6 Å². The summed E-state index contributed by atoms with van der Waals surface area (Å²) in [7, 11) is 1.60. The average Bonchev–Trinajstić information content (AvgIpc) is 3.21. The Hall–Kier alpha value is -4.47. The molecule has 4 aromatic rings. The average molecular weight is 473 g/mol. The first-order chi connectivity index (χ1) is 17.0. The number of fused-ring (bicyclic) bond motifs is 1. The quantitative estimate of drug-likeness (QED) is 0.436. The van der Waals surface area contributed by atoms with Gasteiger partial charge in [0, 0.05) is 23.5 Å². The van der Waals surface area contributed by atoms with Crippen molar-refractivity contribution in [3.8, 4) is 34.5 Å². The molecule has 1 aliphatic rings. The van der Waals surface area contributed by atoms with Crippen LogP contribution in [-0.2, 0) is 4.79 Å². The highest BCUT2D eigenvalue weighted by atomic mass is 16.5. The summed E-state index contributed by atoms with van der Waals surface area (Å²) in [5.41, 5.74) is 3.83. The van der Waals surface area contributed by atoms with Crippen molar-refractivity contribution in [2.24, 2.45) is 0 Å². The molecule has 35 heavy (non-hydrogen) atoms. The Balaban J connectivity index is 1.59. The molecule has 10 heteroatoms. The van der Waals surface area contributed by atoms with Crippen molar-refractivity contribution < 1.29 is 19.4 Å². The predicted octanol–water partition coefficient (Wildman–Crippen LogP) is 3.62. The Morgan fingerprint density at radius 1 is 1.23 bits per heavy atom. The number of carbonyl (C=O) groups is 1. The summed E-state index contributed by atoms with van der Waals surface area (Å²) in [4.78, 5) is 17.4. The highest BCUT2D eigenvalue weighted by Gasteiger charge is 2.33. The van der Waals surface area contributed by atoms with E-state index in [1.54, 1.807) is 31.5 Å². The number of carbonyl (C=O) groups excluding carboxylic acids is 1. The summed E-state index contributed by atoms with van der Waals surface area (Å²) in [5.74, 6) is 1.42. The van der Waals surface area contributed by atoms with Gasteiger partial charge in [0.25, 0.3) is 5.95 Å². The molecule has 1 aliphatic heterocycles. The summed E-state index contributed by atoms with van der Waals surface area (Å²) >= 11 is 0. The standard InChI is InChI=1S/C25H24N6O4/c1-4-35-21-11-15(8-9-20(21)32)18-12-22(33)28-24-23(18)14(2)30-31(24)25-27-19(13-26-29-25)16-6-5-7-17(10-16)34-3/h5-11,13,18,32H,4,12H2,1-3H3,(H,28,33)/t18-/m1/s1. The highest BCUT2D eigenvalue weighted by Crippen LogP contribution is 2.42. The molecule has 1 atom stereocenters. The number of phenols is 1. The van der Waals surface area contributed by atoms with Gasteiger partial charge in [-0.2, -0.15) is 14.9 Å². The van der Waals surface area contributed by atoms with E-state index in [1.807, 2.05) is 38.1 Å². The second-order valence-electron chi connectivity index (χ2n) is 8.10. The third-order valence-electron chi connectivity index (χ3n) is 5.89. The third kappa shape index (κ3) is 4.14. The normalized spacial score (nSPS) is 14.8. The van der Waals surface area contributed by atoms with Gasteiger partial charge in [-0.15, -0.1) is 5.10 Å². The smallest absolute Gasteiger partial charge is 0.272 e. The molecule has 0 aliphatic carbocycles. The van der Waals surface area contributed by atoms with E-state index in [4.69, 9.17) is 9.47 Å². The maximum atomic E-state index is 12.7. The topological polar surface area (TPSA) is 124 Å². The number of rotatable bonds is 6. The van der Waals surface area contributed by atoms with Crippen LogP contribution in [-0.4, -0.2) is 49.7 Å². The number of nitrogens with zero attached hydrogens (tertiary/aromatic N) is 5. The number of hydrogen-bond donors (Lipinski definition) is 2. The maximum absolute atomic E-state index is 12.7. The first-order valence-corrected chi connectivity index (χ1v) is 11.2. The fourth-order valence-corrected chi connectivity index (χ4v) is 4.30. The minimum absolute atomic E-state index is 0.0531. The highest BCUT2D eigenvalue weighted by molar-refractivity contribution is 5.95. The van der Waals surface area contributed by atoms with Crippen LogP contribution >= 0.6 is 0 Å². The Kier molecular flexibility index (Phi) is 5.77. The zero-order valence-corrected chi connectivity index (χ0v) is 19.5. The van der Waals surface area contributed by atoms with Crippen LogP contribution in [0.15, 0.2) is 48.7 Å². The lowest BCUT2D eigenvalue weighted by Crippen LogP contribution is -2.25. The second kappa shape index (κ2) is 9.05. The molecule has 0 unspecified atom stereocenters. The van der Waals surface area contributed by atoms with Crippen LogP contribution in [0.2, 0.25) is 0 Å². The molecule has 3 heterocycles. The van der Waals surface area contributed by atoms with Crippen LogP contribution in [0.5, 0.6) is 17.2 Å². The van der Waals surface area contributed by atoms with Crippen molar-refractivity contribution in [2.75, 3.05) is 19.0 Å². The molecule has 0 spiro atoms. The maximum Gasteiger partial charge on any atom is 0.272 e. The molecule has 0 saturated carbocycles. The largest absolute Gasteiger partial charge is 0.504 e. The van der Waals surface area contributed by atoms with E-state index >= 15 is 0 Å². The number of hydrogen-bond acceptors (Lipinski definition) is 8. The van der Waals surface area contributed by atoms with Gasteiger partial charge in [-0.3, -0.25) is 4.79 Å². The Labute approximate surface area is 201 Å². The van der Waals surface area contributed by atoms with Gasteiger partial charge < -0.3 is 19.9 Å². The predicted molar refractivity (Wildman–Crippen MR) is 128 cm³/mol. The van der Waals surface area contributed by atoms with Gasteiger partial charge in [-0.05, 0) is 43.7 Å². The van der Waals surface area contributed by atoms with Crippen molar-refractivity contribution in [3.05, 3.63) is 65.5 Å². The molecule has 0 fully saturated rings. The molecular weight excluding hydrogens is 448 g/mol. The van der Waals surface area contributed by atoms with Crippen LogP contribution in [0.25, 0.3) is 17.2 Å². The first kappa shape index (κ1) is 22.3. The van der Waals surface area contributed by atoms with E-state index in [-0.39, 0.29) is 29.9 Å². The van der Waals surface area contributed by atoms with Crippen LogP contribution < -0.4 is 14.8 Å². The van der Waals surface area contributed by atoms with Crippen molar-refractivity contribution >= 4 is 11.7 Å². The Morgan fingerprint density at radius 3 is 2.89 bits per heavy atom. The molecule has 10 nitrogen and oxygen atoms in total. The molecule has 178 valence electrons. The van der Waals surface area contributed by atoms with E-state index in [2.05, 4.69) is 25.6 Å². The summed E-state index contributed by atoms with van der Waals surface area (Å²) < 4.78 is 12.4. The third-order valence-corrected chi connectivity index (χ3v) is 5.89. The number of methoxy groups -OCH3 is 1. The first-order valence-electron chi connectivity index (χ1n) is 11.2. The lowest BCUT2D eigenvalue weighted by atomic mass is 9.85. The van der Waals surface area contributed by atoms with E-state index in [0.717, 1.165) is 22.4 Å². The second-order valence-corrected chi connectivity index (χ2v) is 8.10. The summed E-state index contributed by atoms with van der Waals surface area (Å²) in [6.45, 7) is 4.14. The number of anilines is 1. The lowest BCUT2D eigenvalue weighted by Gasteiger charge is -2.24. The molecule has 2 aromatic carbocycles. The van der Waals surface area contributed by atoms with E-state index in [9.17, 15) is 9.90 Å². The van der Waals surface area contributed by atoms with Gasteiger partial charge in [0.1, 0.15) is 11.6 Å². The van der Waals surface area contributed by atoms with Crippen LogP contribution in [0.3, 0.4) is 0 Å². The summed E-state index contributed by atoms with van der Waals surface area (Å²) in [6, 6.07) is 12.6. The summed E-state index contributed by atoms with van der Waals surface area (Å²) in [5, 5.41) is 26.0. The number of amides is 1. The fourth-order valence-electron chi connectivity index (χ4n) is 4.30. The number of aryl methyl sites for hydroxylation is 1. The van der Waals surface area contributed by atoms with Crippen molar-refractivity contribution in [3.63, 3.8) is 0 Å². The minimum Gasteiger partial charge on any atom is -0.504 e. The molecule has 0 radical (unpaired) electrons. The number of aromatic hydroxyl groups is 1. The summed E-state index contributed by atoms with van der Waals surface area (Å²) in [6.07, 6.45) is 1.80. The molecule has 0 saturated heterocycles. The van der Waals surface area contributed by atoms with Crippen LogP contribution in [0.1, 0.15) is 36.1 Å². The monoisotopic (exact) mass is 472 g/mol. The lowest BCUT2D eigenvalue weighted by molar-refractivity contribution is -0.116. The van der Waals surface area contributed by atoms with E-state index < -0.39 is 0 Å². The van der Waals surface area contributed by atoms with Crippen molar-refractivity contribution in [1.29, 1.82) is 0 Å². The zero-order valence-electron chi connectivity index (χ0n) is 19.5. The number of benzene rings is 2. The van der Waals surface area contributed by atoms with Crippen molar-refractivity contribution in [1.82, 2.24) is 25.0 Å². The van der Waals surface area contributed by atoms with E-state index in [1.165, 1.54) is 4.68 Å². The SMILES string of the molecule is CCOc1cc([C@H]2CC(=O)Nc3c2c(C)nn3-c2nncc(-c3cccc(OC)c3)n2)ccc1O. The van der Waals surface area contributed by atoms with Gasteiger partial charge in [0.05, 0.1) is 31.3 Å². The number of aromatic nitrogens is 5. The molecule has 2 aromatic heterocycles. The van der Waals surface area contributed by atoms with Crippen molar-refractivity contribution in [2.45, 2.75) is 26.2 Å². The number of nitrogens with one attached hydrogen (secondary N) is 1.